The first kappa shape index (κ1) is 12.1. The molecule has 18 heavy (non-hydrogen) atoms. The Kier molecular flexibility index (Phi) is 3.58. The molecule has 0 spiro atoms. The quantitative estimate of drug-likeness (QED) is 0.777. The molecule has 6 heteroatoms. The highest BCUT2D eigenvalue weighted by atomic mass is 15.4. The van der Waals surface area contributed by atoms with Crippen LogP contribution in [0.4, 0.5) is 0 Å². The van der Waals surface area contributed by atoms with E-state index >= 15 is 0 Å². The Hall–Kier alpha value is -0.980. The predicted molar refractivity (Wildman–Crippen MR) is 69.3 cm³/mol. The van der Waals surface area contributed by atoms with Gasteiger partial charge in [0, 0.05) is 58.8 Å². The molecule has 2 aliphatic rings. The molecule has 0 aliphatic carbocycles. The average molecular weight is 250 g/mol. The molecule has 1 saturated heterocycles. The SMILES string of the molecule is CN1CCN(CCN2CCc3n[nH]nc3C2)CC1. The highest BCUT2D eigenvalue weighted by molar-refractivity contribution is 5.11. The minimum absolute atomic E-state index is 0.958. The number of nitrogens with zero attached hydrogens (tertiary/aromatic N) is 5. The molecule has 6 nitrogen and oxygen atoms in total. The third-order valence-corrected chi connectivity index (χ3v) is 4.07. The lowest BCUT2D eigenvalue weighted by molar-refractivity contribution is 0.131. The number of aromatic nitrogens is 3. The maximum atomic E-state index is 4.21. The lowest BCUT2D eigenvalue weighted by atomic mass is 10.1. The van der Waals surface area contributed by atoms with Gasteiger partial charge in [0.05, 0.1) is 11.4 Å². The molecule has 100 valence electrons. The average Bonchev–Trinajstić information content (AvgIpc) is 2.85. The third-order valence-electron chi connectivity index (χ3n) is 4.07. The van der Waals surface area contributed by atoms with Crippen LogP contribution in [0.25, 0.3) is 0 Å². The Morgan fingerprint density at radius 1 is 0.944 bits per heavy atom. The van der Waals surface area contributed by atoms with Crippen LogP contribution in [0.1, 0.15) is 11.4 Å². The number of fused-ring (bicyclic) bond motifs is 1. The van der Waals surface area contributed by atoms with Gasteiger partial charge in [0.25, 0.3) is 0 Å². The predicted octanol–water partition coefficient (Wildman–Crippen LogP) is -0.590. The zero-order valence-electron chi connectivity index (χ0n) is 11.1. The second kappa shape index (κ2) is 5.34. The number of hydrogen-bond donors (Lipinski definition) is 1. The molecule has 0 atom stereocenters. The van der Waals surface area contributed by atoms with Crippen molar-refractivity contribution in [3.05, 3.63) is 11.4 Å². The topological polar surface area (TPSA) is 51.3 Å². The van der Waals surface area contributed by atoms with Gasteiger partial charge in [-0.25, -0.2) is 0 Å². The fraction of sp³-hybridized carbons (Fsp3) is 0.833. The normalized spacial score (nSPS) is 23.2. The van der Waals surface area contributed by atoms with Gasteiger partial charge in [-0.15, -0.1) is 0 Å². The van der Waals surface area contributed by atoms with Crippen LogP contribution in [-0.4, -0.2) is 83.0 Å². The maximum absolute atomic E-state index is 4.21. The largest absolute Gasteiger partial charge is 0.304 e. The van der Waals surface area contributed by atoms with Gasteiger partial charge in [-0.2, -0.15) is 15.4 Å². The van der Waals surface area contributed by atoms with E-state index in [0.29, 0.717) is 0 Å². The van der Waals surface area contributed by atoms with Crippen molar-refractivity contribution in [3.8, 4) is 0 Å². The molecule has 0 radical (unpaired) electrons. The number of hydrogen-bond acceptors (Lipinski definition) is 5. The van der Waals surface area contributed by atoms with Gasteiger partial charge >= 0.3 is 0 Å². The number of H-pyrrole nitrogens is 1. The van der Waals surface area contributed by atoms with Crippen molar-refractivity contribution in [2.45, 2.75) is 13.0 Å². The van der Waals surface area contributed by atoms with Gasteiger partial charge in [-0.05, 0) is 7.05 Å². The summed E-state index contributed by atoms with van der Waals surface area (Å²) >= 11 is 0. The van der Waals surface area contributed by atoms with Gasteiger partial charge in [-0.3, -0.25) is 9.80 Å². The summed E-state index contributed by atoms with van der Waals surface area (Å²) in [6.45, 7) is 9.23. The van der Waals surface area contributed by atoms with Crippen LogP contribution in [0.5, 0.6) is 0 Å². The van der Waals surface area contributed by atoms with E-state index in [1.54, 1.807) is 0 Å². The van der Waals surface area contributed by atoms with Crippen molar-refractivity contribution in [1.29, 1.82) is 0 Å². The summed E-state index contributed by atoms with van der Waals surface area (Å²) in [5.41, 5.74) is 2.30. The van der Waals surface area contributed by atoms with Gasteiger partial charge in [0.15, 0.2) is 0 Å². The second-order valence-corrected chi connectivity index (χ2v) is 5.39. The van der Waals surface area contributed by atoms with Crippen molar-refractivity contribution >= 4 is 0 Å². The van der Waals surface area contributed by atoms with E-state index in [9.17, 15) is 0 Å². The van der Waals surface area contributed by atoms with E-state index in [-0.39, 0.29) is 0 Å². The minimum Gasteiger partial charge on any atom is -0.304 e. The molecule has 2 aliphatic heterocycles. The van der Waals surface area contributed by atoms with Gasteiger partial charge in [0.2, 0.25) is 0 Å². The summed E-state index contributed by atoms with van der Waals surface area (Å²) < 4.78 is 0. The van der Waals surface area contributed by atoms with E-state index in [4.69, 9.17) is 0 Å². The van der Waals surface area contributed by atoms with Crippen molar-refractivity contribution in [3.63, 3.8) is 0 Å². The summed E-state index contributed by atoms with van der Waals surface area (Å²) in [6, 6.07) is 0. The molecular formula is C12H22N6. The van der Waals surface area contributed by atoms with Crippen molar-refractivity contribution in [1.82, 2.24) is 30.1 Å². The van der Waals surface area contributed by atoms with Crippen LogP contribution in [0.2, 0.25) is 0 Å². The van der Waals surface area contributed by atoms with Crippen molar-refractivity contribution in [2.75, 3.05) is 52.9 Å². The van der Waals surface area contributed by atoms with E-state index in [1.165, 1.54) is 32.7 Å². The lowest BCUT2D eigenvalue weighted by Crippen LogP contribution is -2.47. The van der Waals surface area contributed by atoms with Crippen LogP contribution in [0, 0.1) is 0 Å². The maximum Gasteiger partial charge on any atom is 0.0997 e. The molecular weight excluding hydrogens is 228 g/mol. The molecule has 1 aromatic heterocycles. The first-order valence-corrected chi connectivity index (χ1v) is 6.83. The summed E-state index contributed by atoms with van der Waals surface area (Å²) in [7, 11) is 2.20. The molecule has 0 unspecified atom stereocenters. The fourth-order valence-electron chi connectivity index (χ4n) is 2.70. The van der Waals surface area contributed by atoms with Gasteiger partial charge in [0.1, 0.15) is 0 Å². The zero-order chi connectivity index (χ0) is 12.4. The first-order chi connectivity index (χ1) is 8.81. The number of nitrogens with one attached hydrogen (secondary N) is 1. The second-order valence-electron chi connectivity index (χ2n) is 5.39. The summed E-state index contributed by atoms with van der Waals surface area (Å²) in [5, 5.41) is 11.1. The Labute approximate surface area is 108 Å². The van der Waals surface area contributed by atoms with Crippen molar-refractivity contribution in [2.24, 2.45) is 0 Å². The van der Waals surface area contributed by atoms with Gasteiger partial charge < -0.3 is 4.90 Å². The Morgan fingerprint density at radius 3 is 2.50 bits per heavy atom. The standard InChI is InChI=1S/C12H22N6/c1-16-4-6-17(7-5-16)8-9-18-3-2-11-12(10-18)14-15-13-11/h2-10H2,1H3,(H,13,14,15). The molecule has 0 amide bonds. The Balaban J connectivity index is 1.44. The van der Waals surface area contributed by atoms with Crippen LogP contribution in [0.15, 0.2) is 0 Å². The molecule has 1 N–H and O–H groups in total. The Bertz CT molecular complexity index is 382. The number of likely N-dealkylation sites (N-methyl/N-ethyl adjacent to an activating group) is 1. The summed E-state index contributed by atoms with van der Waals surface area (Å²) in [4.78, 5) is 7.46. The van der Waals surface area contributed by atoms with E-state index in [1.807, 2.05) is 0 Å². The van der Waals surface area contributed by atoms with Gasteiger partial charge in [-0.1, -0.05) is 0 Å². The molecule has 0 aromatic carbocycles. The summed E-state index contributed by atoms with van der Waals surface area (Å²) in [5.74, 6) is 0. The summed E-state index contributed by atoms with van der Waals surface area (Å²) in [6.07, 6.45) is 1.04. The fourth-order valence-corrected chi connectivity index (χ4v) is 2.70. The number of aromatic amines is 1. The molecule has 1 aromatic rings. The third kappa shape index (κ3) is 2.71. The smallest absolute Gasteiger partial charge is 0.0997 e. The molecule has 3 heterocycles. The first-order valence-electron chi connectivity index (χ1n) is 6.83. The highest BCUT2D eigenvalue weighted by Gasteiger charge is 2.20. The van der Waals surface area contributed by atoms with Crippen molar-refractivity contribution < 1.29 is 0 Å². The van der Waals surface area contributed by atoms with E-state index in [0.717, 1.165) is 37.4 Å². The highest BCUT2D eigenvalue weighted by Crippen LogP contribution is 2.13. The van der Waals surface area contributed by atoms with E-state index < -0.39 is 0 Å². The zero-order valence-corrected chi connectivity index (χ0v) is 11.1. The van der Waals surface area contributed by atoms with E-state index in [2.05, 4.69) is 37.2 Å². The monoisotopic (exact) mass is 250 g/mol. The molecule has 1 fully saturated rings. The van der Waals surface area contributed by atoms with Crippen LogP contribution in [-0.2, 0) is 13.0 Å². The van der Waals surface area contributed by atoms with Crippen LogP contribution in [0.3, 0.4) is 0 Å². The Morgan fingerprint density at radius 2 is 1.67 bits per heavy atom. The minimum atomic E-state index is 0.958. The molecule has 0 saturated carbocycles. The molecule has 0 bridgehead atoms. The van der Waals surface area contributed by atoms with Crippen LogP contribution < -0.4 is 0 Å². The number of piperazine rings is 1. The number of rotatable bonds is 3. The van der Waals surface area contributed by atoms with Crippen LogP contribution >= 0.6 is 0 Å². The lowest BCUT2D eigenvalue weighted by Gasteiger charge is -2.34. The molecule has 3 rings (SSSR count).